The number of hydrogen-bond donors (Lipinski definition) is 2. The number of rotatable bonds is 3. The van der Waals surface area contributed by atoms with Crippen LogP contribution in [0.1, 0.15) is 6.42 Å². The number of pyridine rings is 2. The summed E-state index contributed by atoms with van der Waals surface area (Å²) < 4.78 is 13.0. The Kier molecular flexibility index (Phi) is 3.37. The van der Waals surface area contributed by atoms with Crippen LogP contribution in [0.25, 0.3) is 21.9 Å². The number of anilines is 2. The van der Waals surface area contributed by atoms with Gasteiger partial charge in [0.15, 0.2) is 0 Å². The van der Waals surface area contributed by atoms with E-state index in [-0.39, 0.29) is 12.3 Å². The molecule has 2 heterocycles. The predicted molar refractivity (Wildman–Crippen MR) is 91.0 cm³/mol. The number of nitrogen functional groups attached to an aromatic ring is 1. The van der Waals surface area contributed by atoms with Crippen LogP contribution in [0.15, 0.2) is 48.9 Å². The van der Waals surface area contributed by atoms with Crippen molar-refractivity contribution in [3.63, 3.8) is 0 Å². The normalized spacial score (nSPS) is 19.2. The fourth-order valence-corrected chi connectivity index (χ4v) is 2.71. The molecule has 0 aliphatic heterocycles. The average Bonchev–Trinajstić information content (AvgIpc) is 3.32. The van der Waals surface area contributed by atoms with E-state index < -0.39 is 12.1 Å². The molecule has 0 unspecified atom stereocenters. The molecule has 1 aromatic carbocycles. The Morgan fingerprint density at radius 1 is 1.25 bits per heavy atom. The topological polar surface area (TPSA) is 80.9 Å². The van der Waals surface area contributed by atoms with Gasteiger partial charge in [0.2, 0.25) is 5.91 Å². The quantitative estimate of drug-likeness (QED) is 0.726. The van der Waals surface area contributed by atoms with Crippen molar-refractivity contribution in [3.8, 4) is 11.1 Å². The van der Waals surface area contributed by atoms with E-state index in [1.165, 1.54) is 0 Å². The van der Waals surface area contributed by atoms with E-state index in [2.05, 4.69) is 15.3 Å². The number of nitrogens with zero attached hydrogens (tertiary/aromatic N) is 2. The Morgan fingerprint density at radius 3 is 2.79 bits per heavy atom. The summed E-state index contributed by atoms with van der Waals surface area (Å²) in [5.74, 6) is -0.477. The predicted octanol–water partition coefficient (Wildman–Crippen LogP) is 3.18. The summed E-state index contributed by atoms with van der Waals surface area (Å²) in [6, 6.07) is 9.40. The smallest absolute Gasteiger partial charge is 0.231 e. The van der Waals surface area contributed by atoms with Crippen molar-refractivity contribution < 1.29 is 9.18 Å². The van der Waals surface area contributed by atoms with E-state index in [1.54, 1.807) is 24.7 Å². The number of nitrogens with two attached hydrogens (primary N) is 1. The van der Waals surface area contributed by atoms with Crippen LogP contribution in [0.5, 0.6) is 0 Å². The molecule has 0 saturated heterocycles. The molecule has 1 aliphatic carbocycles. The van der Waals surface area contributed by atoms with Crippen molar-refractivity contribution in [3.05, 3.63) is 48.9 Å². The van der Waals surface area contributed by atoms with Gasteiger partial charge in [-0.05, 0) is 41.6 Å². The summed E-state index contributed by atoms with van der Waals surface area (Å²) in [5, 5.41) is 4.32. The van der Waals surface area contributed by atoms with E-state index in [0.29, 0.717) is 11.5 Å². The minimum atomic E-state index is -1.03. The van der Waals surface area contributed by atoms with Crippen molar-refractivity contribution in [2.75, 3.05) is 11.1 Å². The summed E-state index contributed by atoms with van der Waals surface area (Å²) >= 11 is 0. The van der Waals surface area contributed by atoms with Crippen LogP contribution in [0.4, 0.5) is 15.9 Å². The van der Waals surface area contributed by atoms with E-state index in [0.717, 1.165) is 21.9 Å². The van der Waals surface area contributed by atoms with Crippen LogP contribution in [0.2, 0.25) is 0 Å². The maximum absolute atomic E-state index is 13.0. The Bertz CT molecular complexity index is 929. The number of benzene rings is 1. The van der Waals surface area contributed by atoms with Gasteiger partial charge in [0, 0.05) is 35.2 Å². The van der Waals surface area contributed by atoms with Crippen molar-refractivity contribution >= 4 is 28.2 Å². The molecule has 0 bridgehead atoms. The van der Waals surface area contributed by atoms with Gasteiger partial charge in [0.25, 0.3) is 0 Å². The third-order valence-corrected chi connectivity index (χ3v) is 4.16. The molecular formula is C18H15FN4O. The lowest BCUT2D eigenvalue weighted by molar-refractivity contribution is -0.117. The molecule has 1 saturated carbocycles. The highest BCUT2D eigenvalue weighted by Crippen LogP contribution is 2.35. The molecule has 6 heteroatoms. The van der Waals surface area contributed by atoms with Gasteiger partial charge in [0.05, 0.1) is 5.92 Å². The first-order chi connectivity index (χ1) is 11.6. The molecule has 2 aromatic heterocycles. The third-order valence-electron chi connectivity index (χ3n) is 4.16. The second-order valence-corrected chi connectivity index (χ2v) is 5.95. The number of amides is 1. The number of nitrogens with one attached hydrogen (secondary N) is 1. The van der Waals surface area contributed by atoms with E-state index in [1.807, 2.05) is 24.3 Å². The molecule has 0 radical (unpaired) electrons. The minimum Gasteiger partial charge on any atom is -0.398 e. The van der Waals surface area contributed by atoms with Crippen LogP contribution >= 0.6 is 0 Å². The second kappa shape index (κ2) is 5.56. The van der Waals surface area contributed by atoms with Crippen LogP contribution in [-0.4, -0.2) is 22.0 Å². The first kappa shape index (κ1) is 14.6. The highest BCUT2D eigenvalue weighted by atomic mass is 19.1. The lowest BCUT2D eigenvalue weighted by Crippen LogP contribution is -2.15. The Balaban J connectivity index is 1.71. The lowest BCUT2D eigenvalue weighted by atomic mass is 10.0. The molecule has 120 valence electrons. The van der Waals surface area contributed by atoms with Crippen molar-refractivity contribution in [1.82, 2.24) is 9.97 Å². The zero-order chi connectivity index (χ0) is 16.7. The minimum absolute atomic E-state index is 0.289. The first-order valence-corrected chi connectivity index (χ1v) is 7.66. The van der Waals surface area contributed by atoms with Crippen molar-refractivity contribution in [1.29, 1.82) is 0 Å². The van der Waals surface area contributed by atoms with Gasteiger partial charge in [-0.25, -0.2) is 9.37 Å². The molecule has 5 nitrogen and oxygen atoms in total. The number of alkyl halides is 1. The number of carbonyl (C=O) groups excluding carboxylic acids is 1. The highest BCUT2D eigenvalue weighted by Gasteiger charge is 2.43. The number of hydrogen-bond acceptors (Lipinski definition) is 4. The van der Waals surface area contributed by atoms with Gasteiger partial charge in [-0.3, -0.25) is 9.78 Å². The lowest BCUT2D eigenvalue weighted by Gasteiger charge is -2.09. The fraction of sp³-hybridized carbons (Fsp3) is 0.167. The molecule has 4 rings (SSSR count). The zero-order valence-electron chi connectivity index (χ0n) is 12.7. The molecule has 1 amide bonds. The average molecular weight is 322 g/mol. The van der Waals surface area contributed by atoms with Gasteiger partial charge in [-0.1, -0.05) is 6.07 Å². The third kappa shape index (κ3) is 2.67. The number of aromatic nitrogens is 2. The maximum atomic E-state index is 13.0. The van der Waals surface area contributed by atoms with Gasteiger partial charge >= 0.3 is 0 Å². The largest absolute Gasteiger partial charge is 0.398 e. The Morgan fingerprint density at radius 2 is 2.08 bits per heavy atom. The van der Waals surface area contributed by atoms with Crippen molar-refractivity contribution in [2.45, 2.75) is 12.6 Å². The summed E-state index contributed by atoms with van der Waals surface area (Å²) in [6.45, 7) is 0. The summed E-state index contributed by atoms with van der Waals surface area (Å²) in [6.07, 6.45) is 4.35. The standard InChI is InChI=1S/C18H15FN4O/c19-15-7-13(15)18(24)23-17-6-12-4-11(10-2-1-3-21-8-10)5-16(20)14(12)9-22-17/h1-6,8-9,13,15H,7,20H2,(H,22,23,24)/t13-,15+/m0/s1. The fourth-order valence-electron chi connectivity index (χ4n) is 2.71. The van der Waals surface area contributed by atoms with Crippen LogP contribution in [0, 0.1) is 5.92 Å². The van der Waals surface area contributed by atoms with Gasteiger partial charge in [-0.2, -0.15) is 0 Å². The zero-order valence-corrected chi connectivity index (χ0v) is 12.7. The van der Waals surface area contributed by atoms with E-state index in [9.17, 15) is 9.18 Å². The molecule has 2 atom stereocenters. The maximum Gasteiger partial charge on any atom is 0.231 e. The summed E-state index contributed by atoms with van der Waals surface area (Å²) in [7, 11) is 0. The number of fused-ring (bicyclic) bond motifs is 1. The van der Waals surface area contributed by atoms with E-state index in [4.69, 9.17) is 5.73 Å². The SMILES string of the molecule is Nc1cc(-c2cccnc2)cc2cc(NC(=O)[C@H]3C[C@H]3F)ncc12. The first-order valence-electron chi connectivity index (χ1n) is 7.66. The molecule has 24 heavy (non-hydrogen) atoms. The number of halogens is 1. The molecule has 3 N–H and O–H groups in total. The van der Waals surface area contributed by atoms with Gasteiger partial charge in [-0.15, -0.1) is 0 Å². The Hall–Kier alpha value is -3.02. The molecule has 0 spiro atoms. The van der Waals surface area contributed by atoms with Crippen molar-refractivity contribution in [2.24, 2.45) is 5.92 Å². The second-order valence-electron chi connectivity index (χ2n) is 5.95. The van der Waals surface area contributed by atoms with Gasteiger partial charge in [0.1, 0.15) is 12.0 Å². The molecular weight excluding hydrogens is 307 g/mol. The summed E-state index contributed by atoms with van der Waals surface area (Å²) in [5.41, 5.74) is 8.61. The van der Waals surface area contributed by atoms with Crippen LogP contribution < -0.4 is 11.1 Å². The number of carbonyl (C=O) groups is 1. The van der Waals surface area contributed by atoms with Crippen LogP contribution in [-0.2, 0) is 4.79 Å². The highest BCUT2D eigenvalue weighted by molar-refractivity contribution is 6.00. The Labute approximate surface area is 137 Å². The van der Waals surface area contributed by atoms with Gasteiger partial charge < -0.3 is 11.1 Å². The molecule has 3 aromatic rings. The van der Waals surface area contributed by atoms with Crippen LogP contribution in [0.3, 0.4) is 0 Å². The monoisotopic (exact) mass is 322 g/mol. The molecule has 1 aliphatic rings. The summed E-state index contributed by atoms with van der Waals surface area (Å²) in [4.78, 5) is 20.2. The van der Waals surface area contributed by atoms with E-state index >= 15 is 0 Å². The molecule has 1 fully saturated rings.